The normalized spacial score (nSPS) is 19.3. The third-order valence-corrected chi connectivity index (χ3v) is 6.22. The molecule has 2 heterocycles. The van der Waals surface area contributed by atoms with Crippen molar-refractivity contribution in [3.63, 3.8) is 0 Å². The molecule has 1 aliphatic heterocycles. The average molecular weight is 348 g/mol. The summed E-state index contributed by atoms with van der Waals surface area (Å²) < 4.78 is 0. The molecule has 0 bridgehead atoms. The lowest BCUT2D eigenvalue weighted by atomic mass is 9.89. The molecule has 24 heavy (non-hydrogen) atoms. The van der Waals surface area contributed by atoms with E-state index in [1.165, 1.54) is 35.5 Å². The number of rotatable bonds is 6. The Kier molecular flexibility index (Phi) is 5.50. The van der Waals surface area contributed by atoms with E-state index in [1.54, 1.807) is 0 Å². The lowest BCUT2D eigenvalue weighted by molar-refractivity contribution is -0.124. The van der Waals surface area contributed by atoms with Crippen LogP contribution in [0.2, 0.25) is 0 Å². The van der Waals surface area contributed by atoms with Crippen molar-refractivity contribution in [2.45, 2.75) is 52.5 Å². The first-order valence-electron chi connectivity index (χ1n) is 9.10. The molecule has 1 aromatic rings. The van der Waals surface area contributed by atoms with E-state index in [1.807, 2.05) is 38.7 Å². The molecule has 0 unspecified atom stereocenters. The highest BCUT2D eigenvalue weighted by molar-refractivity contribution is 7.99. The van der Waals surface area contributed by atoms with E-state index in [4.69, 9.17) is 0 Å². The zero-order valence-corrected chi connectivity index (χ0v) is 15.9. The van der Waals surface area contributed by atoms with E-state index in [0.717, 1.165) is 26.1 Å². The van der Waals surface area contributed by atoms with Crippen LogP contribution in [0.1, 0.15) is 57.1 Å². The van der Waals surface area contributed by atoms with Crippen molar-refractivity contribution in [1.82, 2.24) is 9.88 Å². The van der Waals surface area contributed by atoms with Crippen LogP contribution < -0.4 is 5.32 Å². The van der Waals surface area contributed by atoms with Crippen LogP contribution in [-0.4, -0.2) is 40.4 Å². The Morgan fingerprint density at radius 1 is 1.38 bits per heavy atom. The van der Waals surface area contributed by atoms with Gasteiger partial charge in [-0.2, -0.15) is 11.8 Å². The van der Waals surface area contributed by atoms with Gasteiger partial charge in [0.1, 0.15) is 5.82 Å². The second kappa shape index (κ2) is 7.44. The molecular weight excluding hydrogens is 318 g/mol. The van der Waals surface area contributed by atoms with Crippen molar-refractivity contribution in [3.8, 4) is 0 Å². The van der Waals surface area contributed by atoms with Gasteiger partial charge in [0.15, 0.2) is 0 Å². The van der Waals surface area contributed by atoms with Gasteiger partial charge in [-0.1, -0.05) is 20.8 Å². The fourth-order valence-electron chi connectivity index (χ4n) is 2.92. The maximum absolute atomic E-state index is 12.4. The van der Waals surface area contributed by atoms with Crippen LogP contribution >= 0.6 is 11.8 Å². The minimum atomic E-state index is -0.360. The quantitative estimate of drug-likeness (QED) is 0.848. The lowest BCUT2D eigenvalue weighted by Crippen LogP contribution is -2.32. The Morgan fingerprint density at radius 3 is 2.71 bits per heavy atom. The van der Waals surface area contributed by atoms with Crippen LogP contribution in [0.25, 0.3) is 0 Å². The zero-order chi connectivity index (χ0) is 17.2. The summed E-state index contributed by atoms with van der Waals surface area (Å²) >= 11 is 2.04. The summed E-state index contributed by atoms with van der Waals surface area (Å²) in [6.07, 6.45) is 5.37. The number of amides is 1. The second-order valence-electron chi connectivity index (χ2n) is 7.62. The van der Waals surface area contributed by atoms with Gasteiger partial charge in [0.05, 0.1) is 0 Å². The number of anilines is 1. The van der Waals surface area contributed by atoms with Gasteiger partial charge in [0.25, 0.3) is 0 Å². The first-order valence-corrected chi connectivity index (χ1v) is 10.3. The highest BCUT2D eigenvalue weighted by atomic mass is 32.2. The van der Waals surface area contributed by atoms with Gasteiger partial charge in [-0.3, -0.25) is 9.69 Å². The molecule has 3 rings (SSSR count). The fourth-order valence-corrected chi connectivity index (χ4v) is 3.90. The number of aromatic nitrogens is 1. The summed E-state index contributed by atoms with van der Waals surface area (Å²) in [6, 6.07) is 2.11. The summed E-state index contributed by atoms with van der Waals surface area (Å²) in [7, 11) is 0. The second-order valence-corrected chi connectivity index (χ2v) is 8.85. The number of carbonyl (C=O) groups is 1. The molecule has 4 nitrogen and oxygen atoms in total. The predicted molar refractivity (Wildman–Crippen MR) is 102 cm³/mol. The van der Waals surface area contributed by atoms with Gasteiger partial charge in [-0.15, -0.1) is 0 Å². The Hall–Kier alpha value is -1.07. The molecule has 2 aliphatic rings. The SMILES string of the molecule is CCC(C)(C)C(=O)Nc1cc(CN2CCSCC2)c(C2CC2)cn1. The molecular formula is C19H29N3OS. The van der Waals surface area contributed by atoms with Crippen LogP contribution in [0.15, 0.2) is 12.3 Å². The number of thioether (sulfide) groups is 1. The van der Waals surface area contributed by atoms with Crippen LogP contribution in [0.3, 0.4) is 0 Å². The summed E-state index contributed by atoms with van der Waals surface area (Å²) in [6.45, 7) is 9.29. The maximum Gasteiger partial charge on any atom is 0.231 e. The topological polar surface area (TPSA) is 45.2 Å². The van der Waals surface area contributed by atoms with Crippen LogP contribution in [0, 0.1) is 5.41 Å². The monoisotopic (exact) mass is 347 g/mol. The van der Waals surface area contributed by atoms with Crippen LogP contribution in [0.4, 0.5) is 5.82 Å². The van der Waals surface area contributed by atoms with E-state index >= 15 is 0 Å². The van der Waals surface area contributed by atoms with E-state index < -0.39 is 0 Å². The minimum Gasteiger partial charge on any atom is -0.310 e. The zero-order valence-electron chi connectivity index (χ0n) is 15.1. The van der Waals surface area contributed by atoms with Crippen molar-refractivity contribution in [2.75, 3.05) is 29.9 Å². The Bertz CT molecular complexity index is 592. The fraction of sp³-hybridized carbons (Fsp3) is 0.684. The van der Waals surface area contributed by atoms with Crippen LogP contribution in [-0.2, 0) is 11.3 Å². The highest BCUT2D eigenvalue weighted by Crippen LogP contribution is 2.42. The molecule has 132 valence electrons. The highest BCUT2D eigenvalue weighted by Gasteiger charge is 2.29. The first-order chi connectivity index (χ1) is 11.5. The summed E-state index contributed by atoms with van der Waals surface area (Å²) in [5.41, 5.74) is 2.38. The largest absolute Gasteiger partial charge is 0.310 e. The van der Waals surface area contributed by atoms with Crippen molar-refractivity contribution < 1.29 is 4.79 Å². The van der Waals surface area contributed by atoms with E-state index in [0.29, 0.717) is 11.7 Å². The molecule has 2 fully saturated rings. The summed E-state index contributed by atoms with van der Waals surface area (Å²) in [5, 5.41) is 3.02. The van der Waals surface area contributed by atoms with Gasteiger partial charge < -0.3 is 5.32 Å². The van der Waals surface area contributed by atoms with E-state index in [-0.39, 0.29) is 11.3 Å². The smallest absolute Gasteiger partial charge is 0.231 e. The standard InChI is InChI=1S/C19H29N3OS/c1-4-19(2,3)18(23)21-17-11-15(13-22-7-9-24-10-8-22)16(12-20-17)14-5-6-14/h11-12,14H,4-10,13H2,1-3H3,(H,20,21,23). The maximum atomic E-state index is 12.4. The van der Waals surface area contributed by atoms with E-state index in [9.17, 15) is 4.79 Å². The number of hydrogen-bond acceptors (Lipinski definition) is 4. The lowest BCUT2D eigenvalue weighted by Gasteiger charge is -2.27. The van der Waals surface area contributed by atoms with E-state index in [2.05, 4.69) is 21.3 Å². The van der Waals surface area contributed by atoms with Crippen molar-refractivity contribution in [1.29, 1.82) is 0 Å². The Balaban J connectivity index is 1.76. The molecule has 1 saturated heterocycles. The van der Waals surface area contributed by atoms with Crippen molar-refractivity contribution in [2.24, 2.45) is 5.41 Å². The molecule has 1 saturated carbocycles. The third kappa shape index (κ3) is 4.31. The number of nitrogens with zero attached hydrogens (tertiary/aromatic N) is 2. The number of nitrogens with one attached hydrogen (secondary N) is 1. The average Bonchev–Trinajstić information content (AvgIpc) is 3.41. The van der Waals surface area contributed by atoms with Gasteiger partial charge >= 0.3 is 0 Å². The van der Waals surface area contributed by atoms with Crippen LogP contribution in [0.5, 0.6) is 0 Å². The molecule has 1 amide bonds. The molecule has 1 N–H and O–H groups in total. The van der Waals surface area contributed by atoms with Crippen molar-refractivity contribution in [3.05, 3.63) is 23.4 Å². The Morgan fingerprint density at radius 2 is 2.08 bits per heavy atom. The molecule has 1 aliphatic carbocycles. The summed E-state index contributed by atoms with van der Waals surface area (Å²) in [4.78, 5) is 19.5. The van der Waals surface area contributed by atoms with Gasteiger partial charge in [0, 0.05) is 42.8 Å². The Labute approximate surface area is 149 Å². The van der Waals surface area contributed by atoms with Crippen molar-refractivity contribution >= 4 is 23.5 Å². The van der Waals surface area contributed by atoms with Gasteiger partial charge in [0.2, 0.25) is 5.91 Å². The number of carbonyl (C=O) groups excluding carboxylic acids is 1. The predicted octanol–water partition coefficient (Wildman–Crippen LogP) is 3.88. The molecule has 1 aromatic heterocycles. The summed E-state index contributed by atoms with van der Waals surface area (Å²) in [5.74, 6) is 3.88. The third-order valence-electron chi connectivity index (χ3n) is 5.28. The molecule has 0 aromatic carbocycles. The van der Waals surface area contributed by atoms with Gasteiger partial charge in [-0.05, 0) is 42.4 Å². The number of hydrogen-bond donors (Lipinski definition) is 1. The molecule has 0 spiro atoms. The molecule has 0 radical (unpaired) electrons. The molecule has 0 atom stereocenters. The first kappa shape index (κ1) is 17.7. The van der Waals surface area contributed by atoms with Gasteiger partial charge in [-0.25, -0.2) is 4.98 Å². The minimum absolute atomic E-state index is 0.0528. The molecule has 5 heteroatoms. The number of pyridine rings is 1.